The van der Waals surface area contributed by atoms with Gasteiger partial charge in [-0.25, -0.2) is 0 Å². The third-order valence-corrected chi connectivity index (χ3v) is 5.47. The van der Waals surface area contributed by atoms with E-state index in [4.69, 9.17) is 14.6 Å². The number of aryl methyl sites for hydroxylation is 1. The van der Waals surface area contributed by atoms with Crippen LogP contribution in [0.25, 0.3) is 0 Å². The second-order valence-corrected chi connectivity index (χ2v) is 7.33. The topological polar surface area (TPSA) is 68.6 Å². The van der Waals surface area contributed by atoms with Crippen LogP contribution in [0.4, 0.5) is 5.69 Å². The molecule has 2 aliphatic rings. The quantitative estimate of drug-likeness (QED) is 0.827. The van der Waals surface area contributed by atoms with E-state index in [0.717, 1.165) is 55.8 Å². The molecule has 1 saturated heterocycles. The summed E-state index contributed by atoms with van der Waals surface area (Å²) in [7, 11) is 1.69. The minimum atomic E-state index is -0.0437. The Balaban J connectivity index is 1.51. The highest BCUT2D eigenvalue weighted by Gasteiger charge is 2.27. The average Bonchev–Trinajstić information content (AvgIpc) is 3.17. The number of aromatic nitrogens is 2. The molecule has 7 nitrogen and oxygen atoms in total. The van der Waals surface area contributed by atoms with Crippen LogP contribution in [0.15, 0.2) is 30.5 Å². The van der Waals surface area contributed by atoms with Gasteiger partial charge in [0.05, 0.1) is 43.7 Å². The third-order valence-electron chi connectivity index (χ3n) is 5.47. The number of anilines is 1. The number of para-hydroxylation sites is 1. The number of amides is 1. The van der Waals surface area contributed by atoms with Gasteiger partial charge in [0.1, 0.15) is 0 Å². The van der Waals surface area contributed by atoms with Gasteiger partial charge in [0.25, 0.3) is 5.91 Å². The Bertz CT molecular complexity index is 814. The summed E-state index contributed by atoms with van der Waals surface area (Å²) in [5.41, 5.74) is 3.92. The molecule has 1 aromatic heterocycles. The smallest absolute Gasteiger partial charge is 0.253 e. The van der Waals surface area contributed by atoms with Crippen molar-refractivity contribution in [2.75, 3.05) is 44.9 Å². The zero-order chi connectivity index (χ0) is 19.3. The van der Waals surface area contributed by atoms with Gasteiger partial charge < -0.3 is 19.7 Å². The molecular formula is C21H28N4O3. The van der Waals surface area contributed by atoms with Crippen molar-refractivity contribution in [1.29, 1.82) is 0 Å². The standard InChI is InChI=1S/C21H28N4O3/c1-27-12-11-25-15-16-5-4-7-18(20(16)23-25)22-21(26)17-6-2-3-8-19(17)24-9-13-28-14-10-24/h2-3,6,8,15,18H,4-5,7,9-14H2,1H3,(H,22,26)/t18-/m1/s1. The number of nitrogens with zero attached hydrogens (tertiary/aromatic N) is 3. The Morgan fingerprint density at radius 1 is 1.32 bits per heavy atom. The maximum absolute atomic E-state index is 13.1. The summed E-state index contributed by atoms with van der Waals surface area (Å²) in [6.45, 7) is 4.36. The fourth-order valence-electron chi connectivity index (χ4n) is 4.02. The number of carbonyl (C=O) groups is 1. The molecule has 1 fully saturated rings. The van der Waals surface area contributed by atoms with Crippen LogP contribution in [-0.2, 0) is 22.4 Å². The number of benzene rings is 1. The SMILES string of the molecule is COCCn1cc2c(n1)[C@H](NC(=O)c1ccccc1N1CCOCC1)CCC2. The number of methoxy groups -OCH3 is 1. The third kappa shape index (κ3) is 4.05. The molecule has 1 atom stereocenters. The summed E-state index contributed by atoms with van der Waals surface area (Å²) < 4.78 is 12.5. The Labute approximate surface area is 165 Å². The molecule has 150 valence electrons. The van der Waals surface area contributed by atoms with Crippen molar-refractivity contribution >= 4 is 11.6 Å². The summed E-state index contributed by atoms with van der Waals surface area (Å²) in [6.07, 6.45) is 5.08. The minimum Gasteiger partial charge on any atom is -0.383 e. The largest absolute Gasteiger partial charge is 0.383 e. The highest BCUT2D eigenvalue weighted by molar-refractivity contribution is 6.00. The summed E-state index contributed by atoms with van der Waals surface area (Å²) in [4.78, 5) is 15.4. The first-order chi connectivity index (χ1) is 13.8. The van der Waals surface area contributed by atoms with Crippen LogP contribution in [-0.4, -0.2) is 55.7 Å². The molecule has 1 N–H and O–H groups in total. The van der Waals surface area contributed by atoms with Gasteiger partial charge in [0.15, 0.2) is 0 Å². The first-order valence-corrected chi connectivity index (χ1v) is 10.0. The Morgan fingerprint density at radius 2 is 2.14 bits per heavy atom. The molecule has 28 heavy (non-hydrogen) atoms. The monoisotopic (exact) mass is 384 g/mol. The lowest BCUT2D eigenvalue weighted by Gasteiger charge is -2.30. The molecule has 0 spiro atoms. The summed E-state index contributed by atoms with van der Waals surface area (Å²) in [5.74, 6) is -0.0358. The Morgan fingerprint density at radius 3 is 2.96 bits per heavy atom. The van der Waals surface area contributed by atoms with Crippen LogP contribution >= 0.6 is 0 Å². The molecule has 0 unspecified atom stereocenters. The average molecular weight is 384 g/mol. The maximum atomic E-state index is 13.1. The van der Waals surface area contributed by atoms with Crippen molar-refractivity contribution in [3.05, 3.63) is 47.3 Å². The normalized spacial score (nSPS) is 19.3. The van der Waals surface area contributed by atoms with Gasteiger partial charge in [-0.1, -0.05) is 12.1 Å². The molecule has 0 saturated carbocycles. The van der Waals surface area contributed by atoms with E-state index in [9.17, 15) is 4.79 Å². The van der Waals surface area contributed by atoms with Gasteiger partial charge in [0, 0.05) is 32.1 Å². The highest BCUT2D eigenvalue weighted by Crippen LogP contribution is 2.30. The van der Waals surface area contributed by atoms with Gasteiger partial charge in [-0.15, -0.1) is 0 Å². The number of ether oxygens (including phenoxy) is 2. The van der Waals surface area contributed by atoms with E-state index in [2.05, 4.69) is 16.4 Å². The van der Waals surface area contributed by atoms with E-state index in [0.29, 0.717) is 19.8 Å². The van der Waals surface area contributed by atoms with Crippen LogP contribution in [0.5, 0.6) is 0 Å². The van der Waals surface area contributed by atoms with Crippen molar-refractivity contribution in [3.63, 3.8) is 0 Å². The molecule has 4 rings (SSSR count). The van der Waals surface area contributed by atoms with Crippen molar-refractivity contribution in [1.82, 2.24) is 15.1 Å². The molecule has 1 aliphatic carbocycles. The van der Waals surface area contributed by atoms with Gasteiger partial charge in [-0.3, -0.25) is 9.48 Å². The second-order valence-electron chi connectivity index (χ2n) is 7.33. The fraction of sp³-hybridized carbons (Fsp3) is 0.524. The van der Waals surface area contributed by atoms with Crippen LogP contribution in [0.3, 0.4) is 0 Å². The number of morpholine rings is 1. The van der Waals surface area contributed by atoms with Crippen LogP contribution in [0.1, 0.15) is 40.5 Å². The molecule has 7 heteroatoms. The van der Waals surface area contributed by atoms with Crippen LogP contribution in [0.2, 0.25) is 0 Å². The summed E-state index contributed by atoms with van der Waals surface area (Å²) in [6, 6.07) is 7.79. The maximum Gasteiger partial charge on any atom is 0.253 e. The van der Waals surface area contributed by atoms with Crippen molar-refractivity contribution in [2.24, 2.45) is 0 Å². The number of hydrogen-bond donors (Lipinski definition) is 1. The lowest BCUT2D eigenvalue weighted by molar-refractivity contribution is 0.0930. The summed E-state index contributed by atoms with van der Waals surface area (Å²) in [5, 5.41) is 7.96. The van der Waals surface area contributed by atoms with Crippen molar-refractivity contribution in [3.8, 4) is 0 Å². The van der Waals surface area contributed by atoms with Crippen LogP contribution < -0.4 is 10.2 Å². The predicted molar refractivity (Wildman–Crippen MR) is 107 cm³/mol. The molecular weight excluding hydrogens is 356 g/mol. The van der Waals surface area contributed by atoms with Crippen molar-refractivity contribution in [2.45, 2.75) is 31.8 Å². The zero-order valence-electron chi connectivity index (χ0n) is 16.4. The van der Waals surface area contributed by atoms with E-state index in [1.165, 1.54) is 5.56 Å². The fourth-order valence-corrected chi connectivity index (χ4v) is 4.02. The van der Waals surface area contributed by atoms with E-state index >= 15 is 0 Å². The first-order valence-electron chi connectivity index (χ1n) is 10.0. The zero-order valence-corrected chi connectivity index (χ0v) is 16.4. The number of fused-ring (bicyclic) bond motifs is 1. The predicted octanol–water partition coefficient (Wildman–Crippen LogP) is 2.17. The molecule has 2 aromatic rings. The second kappa shape index (κ2) is 8.75. The number of nitrogens with one attached hydrogen (secondary N) is 1. The van der Waals surface area contributed by atoms with E-state index in [1.807, 2.05) is 28.9 Å². The lowest BCUT2D eigenvalue weighted by atomic mass is 9.93. The lowest BCUT2D eigenvalue weighted by Crippen LogP contribution is -2.38. The Kier molecular flexibility index (Phi) is 5.92. The number of rotatable bonds is 6. The van der Waals surface area contributed by atoms with Crippen LogP contribution in [0, 0.1) is 0 Å². The highest BCUT2D eigenvalue weighted by atomic mass is 16.5. The molecule has 0 bridgehead atoms. The number of carbonyl (C=O) groups excluding carboxylic acids is 1. The van der Waals surface area contributed by atoms with Gasteiger partial charge in [0.2, 0.25) is 0 Å². The molecule has 1 aliphatic heterocycles. The molecule has 0 radical (unpaired) electrons. The van der Waals surface area contributed by atoms with Crippen molar-refractivity contribution < 1.29 is 14.3 Å². The molecule has 1 amide bonds. The number of hydrogen-bond acceptors (Lipinski definition) is 5. The Hall–Kier alpha value is -2.38. The van der Waals surface area contributed by atoms with Gasteiger partial charge >= 0.3 is 0 Å². The molecule has 2 heterocycles. The van der Waals surface area contributed by atoms with E-state index in [1.54, 1.807) is 7.11 Å². The van der Waals surface area contributed by atoms with E-state index in [-0.39, 0.29) is 11.9 Å². The minimum absolute atomic E-state index is 0.0358. The van der Waals surface area contributed by atoms with Gasteiger partial charge in [-0.2, -0.15) is 5.10 Å². The van der Waals surface area contributed by atoms with Gasteiger partial charge in [-0.05, 0) is 37.0 Å². The first kappa shape index (κ1) is 19.0. The summed E-state index contributed by atoms with van der Waals surface area (Å²) >= 11 is 0. The molecule has 1 aromatic carbocycles. The van der Waals surface area contributed by atoms with E-state index < -0.39 is 0 Å².